The molecule has 1 aliphatic heterocycles. The van der Waals surface area contributed by atoms with Crippen LogP contribution in [0, 0.1) is 16.7 Å². The third kappa shape index (κ3) is 15.1. The van der Waals surface area contributed by atoms with Crippen LogP contribution in [0.1, 0.15) is 73.6 Å². The van der Waals surface area contributed by atoms with Crippen molar-refractivity contribution in [3.05, 3.63) is 53.6 Å². The van der Waals surface area contributed by atoms with Crippen LogP contribution in [0.3, 0.4) is 0 Å². The summed E-state index contributed by atoms with van der Waals surface area (Å²) >= 11 is 6.10. The van der Waals surface area contributed by atoms with Gasteiger partial charge < -0.3 is 19.1 Å². The van der Waals surface area contributed by atoms with Crippen molar-refractivity contribution in [2.45, 2.75) is 92.0 Å². The van der Waals surface area contributed by atoms with Gasteiger partial charge in [0.1, 0.15) is 17.8 Å². The number of likely N-dealkylation sites (tertiary alicyclic amines) is 1. The van der Waals surface area contributed by atoms with Gasteiger partial charge in [-0.1, -0.05) is 63.6 Å². The second kappa shape index (κ2) is 23.0. The molecule has 1 saturated heterocycles. The van der Waals surface area contributed by atoms with Crippen molar-refractivity contribution in [3.63, 3.8) is 0 Å². The number of halogens is 1. The number of benzene rings is 1. The molecule has 1 aromatic carbocycles. The van der Waals surface area contributed by atoms with Crippen LogP contribution in [-0.4, -0.2) is 75.2 Å². The van der Waals surface area contributed by atoms with Crippen LogP contribution in [0.25, 0.3) is 0 Å². The van der Waals surface area contributed by atoms with Gasteiger partial charge >= 0.3 is 0 Å². The number of anilines is 1. The second-order valence-electron chi connectivity index (χ2n) is 10.2. The molecule has 42 heavy (non-hydrogen) atoms. The number of ether oxygens (including phenoxy) is 3. The Labute approximate surface area is 260 Å². The molecule has 2 N–H and O–H groups in total. The Kier molecular flexibility index (Phi) is 21.6. The SMILES string of the molecule is CC.COC.COC(C)/C=C\C/C=C\CC(C)OC(CC(=O)N1CCCC1)C(=N)N(C(=N)C(C)C)c1ccc(Cl)cc1. The maximum Gasteiger partial charge on any atom is 0.225 e. The number of hydrogen-bond acceptors (Lipinski definition) is 6. The van der Waals surface area contributed by atoms with E-state index in [-0.39, 0.29) is 42.1 Å². The molecule has 1 amide bonds. The Morgan fingerprint density at radius 1 is 0.976 bits per heavy atom. The first-order valence-electron chi connectivity index (χ1n) is 15.0. The summed E-state index contributed by atoms with van der Waals surface area (Å²) in [6.07, 6.45) is 10.8. The van der Waals surface area contributed by atoms with Crippen LogP contribution >= 0.6 is 11.6 Å². The molecule has 3 atom stereocenters. The highest BCUT2D eigenvalue weighted by Crippen LogP contribution is 2.24. The second-order valence-corrected chi connectivity index (χ2v) is 10.6. The molecular weight excluding hydrogens is 552 g/mol. The number of amidine groups is 2. The van der Waals surface area contributed by atoms with Gasteiger partial charge in [0.2, 0.25) is 5.91 Å². The summed E-state index contributed by atoms with van der Waals surface area (Å²) in [7, 11) is 4.93. The van der Waals surface area contributed by atoms with E-state index in [1.165, 1.54) is 0 Å². The largest absolute Gasteiger partial charge is 0.388 e. The first-order chi connectivity index (χ1) is 20.0. The molecule has 8 nitrogen and oxygen atoms in total. The molecule has 1 heterocycles. The number of rotatable bonds is 13. The highest BCUT2D eigenvalue weighted by molar-refractivity contribution is 6.30. The van der Waals surface area contributed by atoms with E-state index in [1.54, 1.807) is 50.5 Å². The highest BCUT2D eigenvalue weighted by Gasteiger charge is 2.31. The molecule has 0 bridgehead atoms. The van der Waals surface area contributed by atoms with Gasteiger partial charge in [0.15, 0.2) is 0 Å². The van der Waals surface area contributed by atoms with E-state index in [4.69, 9.17) is 31.9 Å². The number of nitrogens with zero attached hydrogens (tertiary/aromatic N) is 2. The predicted molar refractivity (Wildman–Crippen MR) is 177 cm³/mol. The minimum Gasteiger partial charge on any atom is -0.388 e. The fraction of sp³-hybridized carbons (Fsp3) is 0.606. The Balaban J connectivity index is 0.00000315. The van der Waals surface area contributed by atoms with Crippen LogP contribution in [0.2, 0.25) is 5.02 Å². The van der Waals surface area contributed by atoms with E-state index in [2.05, 4.69) is 23.0 Å². The monoisotopic (exact) mass is 606 g/mol. The lowest BCUT2D eigenvalue weighted by molar-refractivity contribution is -0.132. The fourth-order valence-corrected chi connectivity index (χ4v) is 4.14. The van der Waals surface area contributed by atoms with Crippen molar-refractivity contribution in [1.82, 2.24) is 4.90 Å². The van der Waals surface area contributed by atoms with E-state index in [1.807, 2.05) is 52.5 Å². The molecule has 3 unspecified atom stereocenters. The molecule has 0 spiro atoms. The summed E-state index contributed by atoms with van der Waals surface area (Å²) in [5.74, 6) is 0.208. The standard InChI is InChI=1S/C29H43ClN4O3.C2H6O.C2H6/c1-21(2)28(31)34(25-16-14-24(30)15-17-25)29(32)26(20-27(35)33-18-10-11-19-33)37-23(4)13-9-7-6-8-12-22(3)36-5;1-3-2;1-2/h7-9,12,14-17,21-23,26,31-32H,6,10-11,13,18-20H2,1-5H3;1-2H3;1-2H3/b9-7-,12-8-,31-28?,32-29?;;. The minimum absolute atomic E-state index is 0.0143. The minimum atomic E-state index is -0.784. The van der Waals surface area contributed by atoms with Gasteiger partial charge in [-0.15, -0.1) is 0 Å². The van der Waals surface area contributed by atoms with Crippen molar-refractivity contribution in [2.24, 2.45) is 5.92 Å². The summed E-state index contributed by atoms with van der Waals surface area (Å²) in [5.41, 5.74) is 0.653. The molecule has 1 aliphatic rings. The molecule has 238 valence electrons. The Bertz CT molecular complexity index is 959. The Hall–Kier alpha value is -2.52. The van der Waals surface area contributed by atoms with Gasteiger partial charge in [-0.05, 0) is 63.8 Å². The lowest BCUT2D eigenvalue weighted by Gasteiger charge is -2.33. The number of nitrogens with one attached hydrogen (secondary N) is 2. The van der Waals surface area contributed by atoms with Gasteiger partial charge in [0.25, 0.3) is 0 Å². The lowest BCUT2D eigenvalue weighted by Crippen LogP contribution is -2.48. The van der Waals surface area contributed by atoms with E-state index < -0.39 is 6.10 Å². The maximum atomic E-state index is 13.1. The van der Waals surface area contributed by atoms with Gasteiger partial charge in [0.05, 0.1) is 18.6 Å². The van der Waals surface area contributed by atoms with Crippen LogP contribution in [0.4, 0.5) is 5.69 Å². The van der Waals surface area contributed by atoms with Crippen molar-refractivity contribution < 1.29 is 19.0 Å². The molecule has 0 saturated carbocycles. The third-order valence-corrected chi connectivity index (χ3v) is 6.57. The fourth-order valence-electron chi connectivity index (χ4n) is 4.01. The zero-order valence-electron chi connectivity index (χ0n) is 27.3. The number of allylic oxidation sites excluding steroid dienone is 2. The summed E-state index contributed by atoms with van der Waals surface area (Å²) in [4.78, 5) is 16.5. The van der Waals surface area contributed by atoms with E-state index in [0.29, 0.717) is 17.1 Å². The van der Waals surface area contributed by atoms with Crippen molar-refractivity contribution in [1.29, 1.82) is 10.8 Å². The highest BCUT2D eigenvalue weighted by atomic mass is 35.5. The quantitative estimate of drug-likeness (QED) is 0.136. The Morgan fingerprint density at radius 2 is 1.55 bits per heavy atom. The van der Waals surface area contributed by atoms with Gasteiger partial charge in [-0.25, -0.2) is 0 Å². The molecule has 1 fully saturated rings. The normalized spacial score (nSPS) is 15.1. The maximum absolute atomic E-state index is 13.1. The number of hydrogen-bond donors (Lipinski definition) is 2. The smallest absolute Gasteiger partial charge is 0.225 e. The van der Waals surface area contributed by atoms with Crippen LogP contribution < -0.4 is 4.90 Å². The number of carbonyl (C=O) groups is 1. The van der Waals surface area contributed by atoms with Crippen LogP contribution in [-0.2, 0) is 19.0 Å². The van der Waals surface area contributed by atoms with Crippen LogP contribution in [0.5, 0.6) is 0 Å². The molecular formula is C33H55ClN4O4. The van der Waals surface area contributed by atoms with Crippen LogP contribution in [0.15, 0.2) is 48.6 Å². The average molecular weight is 607 g/mol. The van der Waals surface area contributed by atoms with E-state index in [9.17, 15) is 4.79 Å². The number of methoxy groups -OCH3 is 2. The van der Waals surface area contributed by atoms with E-state index in [0.717, 1.165) is 32.4 Å². The molecule has 0 aromatic heterocycles. The average Bonchev–Trinajstić information content (AvgIpc) is 3.52. The molecule has 1 aromatic rings. The van der Waals surface area contributed by atoms with Gasteiger partial charge in [-0.3, -0.25) is 20.5 Å². The summed E-state index contributed by atoms with van der Waals surface area (Å²) in [6, 6.07) is 7.06. The number of carbonyl (C=O) groups excluding carboxylic acids is 1. The lowest BCUT2D eigenvalue weighted by atomic mass is 10.1. The molecule has 0 radical (unpaired) electrons. The Morgan fingerprint density at radius 3 is 2.07 bits per heavy atom. The first kappa shape index (κ1) is 39.5. The van der Waals surface area contributed by atoms with E-state index >= 15 is 0 Å². The summed E-state index contributed by atoms with van der Waals surface area (Å²) in [5, 5.41) is 18.4. The van der Waals surface area contributed by atoms with Crippen molar-refractivity contribution in [2.75, 3.05) is 39.3 Å². The zero-order valence-corrected chi connectivity index (χ0v) is 28.0. The first-order valence-corrected chi connectivity index (χ1v) is 15.3. The third-order valence-electron chi connectivity index (χ3n) is 6.32. The summed E-state index contributed by atoms with van der Waals surface area (Å²) in [6.45, 7) is 13.3. The molecule has 0 aliphatic carbocycles. The van der Waals surface area contributed by atoms with Gasteiger partial charge in [-0.2, -0.15) is 0 Å². The molecule has 9 heteroatoms. The predicted octanol–water partition coefficient (Wildman–Crippen LogP) is 7.76. The van der Waals surface area contributed by atoms with Gasteiger partial charge in [0, 0.05) is 51.0 Å². The van der Waals surface area contributed by atoms with Crippen molar-refractivity contribution >= 4 is 34.9 Å². The topological polar surface area (TPSA) is 98.9 Å². The zero-order chi connectivity index (χ0) is 32.1. The molecule has 2 rings (SSSR count). The number of amides is 1. The summed E-state index contributed by atoms with van der Waals surface area (Å²) < 4.78 is 15.8. The van der Waals surface area contributed by atoms with Crippen molar-refractivity contribution in [3.8, 4) is 0 Å².